The summed E-state index contributed by atoms with van der Waals surface area (Å²) in [6.07, 6.45) is 0.536. The molecular formula is C28H37N5O5. The first-order valence-corrected chi connectivity index (χ1v) is 12.5. The molecule has 0 fully saturated rings. The van der Waals surface area contributed by atoms with E-state index in [0.717, 1.165) is 11.3 Å². The van der Waals surface area contributed by atoms with Crippen LogP contribution in [-0.2, 0) is 16.8 Å². The number of carbonyl (C=O) groups is 3. The molecule has 2 aromatic carbocycles. The van der Waals surface area contributed by atoms with E-state index >= 15 is 0 Å². The first-order valence-electron chi connectivity index (χ1n) is 12.5. The number of ether oxygens (including phenoxy) is 1. The van der Waals surface area contributed by atoms with Gasteiger partial charge in [-0.25, -0.2) is 0 Å². The number of phenolic OH excluding ortho intramolecular Hbond substituents is 1. The lowest BCUT2D eigenvalue weighted by molar-refractivity contribution is -0.118. The van der Waals surface area contributed by atoms with E-state index < -0.39 is 11.3 Å². The van der Waals surface area contributed by atoms with Gasteiger partial charge in [0.1, 0.15) is 5.84 Å². The van der Waals surface area contributed by atoms with Gasteiger partial charge in [-0.15, -0.1) is 0 Å². The van der Waals surface area contributed by atoms with Gasteiger partial charge >= 0.3 is 0 Å². The zero-order valence-corrected chi connectivity index (χ0v) is 22.9. The monoisotopic (exact) mass is 523 g/mol. The molecule has 2 aromatic rings. The number of rotatable bonds is 10. The van der Waals surface area contributed by atoms with Gasteiger partial charge in [-0.1, -0.05) is 20.8 Å². The van der Waals surface area contributed by atoms with Crippen molar-refractivity contribution < 1.29 is 24.2 Å². The smallest absolute Gasteiger partial charge is 0.253 e. The number of amidine groups is 1. The van der Waals surface area contributed by atoms with Crippen molar-refractivity contribution in [1.82, 2.24) is 10.2 Å². The van der Waals surface area contributed by atoms with Crippen LogP contribution in [0, 0.1) is 5.41 Å². The Morgan fingerprint density at radius 1 is 1.18 bits per heavy atom. The molecule has 5 N–H and O–H groups in total. The van der Waals surface area contributed by atoms with E-state index in [9.17, 15) is 19.5 Å². The molecule has 1 aliphatic heterocycles. The van der Waals surface area contributed by atoms with Crippen LogP contribution in [0.3, 0.4) is 0 Å². The van der Waals surface area contributed by atoms with Crippen molar-refractivity contribution in [3.8, 4) is 11.5 Å². The van der Waals surface area contributed by atoms with E-state index in [1.54, 1.807) is 24.1 Å². The topological polar surface area (TPSA) is 149 Å². The van der Waals surface area contributed by atoms with Gasteiger partial charge in [0, 0.05) is 56.5 Å². The zero-order chi connectivity index (χ0) is 28.4. The number of hydrogen-bond acceptors (Lipinski definition) is 7. The highest BCUT2D eigenvalue weighted by atomic mass is 16.5. The number of nitrogens with zero attached hydrogens (tertiary/aromatic N) is 2. The summed E-state index contributed by atoms with van der Waals surface area (Å²) in [6.45, 7) is 6.22. The summed E-state index contributed by atoms with van der Waals surface area (Å²) in [7, 11) is 5.26. The Morgan fingerprint density at radius 2 is 1.87 bits per heavy atom. The Hall–Kier alpha value is -4.08. The molecule has 0 radical (unpaired) electrons. The molecule has 3 rings (SSSR count). The maximum Gasteiger partial charge on any atom is 0.253 e. The Balaban J connectivity index is 1.88. The van der Waals surface area contributed by atoms with Crippen molar-refractivity contribution >= 4 is 29.1 Å². The third kappa shape index (κ3) is 6.07. The number of primary amides is 1. The van der Waals surface area contributed by atoms with Gasteiger partial charge in [-0.05, 0) is 41.7 Å². The molecule has 0 spiro atoms. The molecule has 10 heteroatoms. The van der Waals surface area contributed by atoms with Gasteiger partial charge in [0.25, 0.3) is 5.91 Å². The third-order valence-electron chi connectivity index (χ3n) is 6.47. The Bertz CT molecular complexity index is 1280. The standard InChI is InChI=1S/C28H37N5O5/c1-28(2,3)20-10-16(12-23(25(20)36)38-9-7-8-24(29)35)22(34)15-33-14-17-11-21(32(5)6)19(27(37)31-4)13-18(17)26(33)30/h10-13,30,36H,7-9,14-15H2,1-6H3,(H2,29,35)(H,31,37). The second-order valence-electron chi connectivity index (χ2n) is 10.7. The number of anilines is 1. The number of nitrogens with two attached hydrogens (primary N) is 1. The predicted octanol–water partition coefficient (Wildman–Crippen LogP) is 2.78. The molecule has 0 bridgehead atoms. The van der Waals surface area contributed by atoms with Crippen LogP contribution in [0.4, 0.5) is 5.69 Å². The zero-order valence-electron chi connectivity index (χ0n) is 22.9. The number of ketones is 1. The number of benzene rings is 2. The van der Waals surface area contributed by atoms with Crippen molar-refractivity contribution in [2.45, 2.75) is 45.6 Å². The Labute approximate surface area is 223 Å². The predicted molar refractivity (Wildman–Crippen MR) is 146 cm³/mol. The van der Waals surface area contributed by atoms with Crippen LogP contribution in [0.5, 0.6) is 11.5 Å². The summed E-state index contributed by atoms with van der Waals surface area (Å²) >= 11 is 0. The van der Waals surface area contributed by atoms with Crippen molar-refractivity contribution in [1.29, 1.82) is 5.41 Å². The molecule has 0 unspecified atom stereocenters. The lowest BCUT2D eigenvalue weighted by Crippen LogP contribution is -2.30. The van der Waals surface area contributed by atoms with Crippen molar-refractivity contribution in [2.24, 2.45) is 5.73 Å². The molecule has 10 nitrogen and oxygen atoms in total. The minimum atomic E-state index is -0.471. The quantitative estimate of drug-likeness (QED) is 0.276. The van der Waals surface area contributed by atoms with E-state index in [-0.39, 0.29) is 48.6 Å². The average molecular weight is 524 g/mol. The summed E-state index contributed by atoms with van der Waals surface area (Å²) in [5.41, 5.74) is 8.28. The van der Waals surface area contributed by atoms with Crippen LogP contribution < -0.4 is 20.7 Å². The van der Waals surface area contributed by atoms with E-state index in [1.807, 2.05) is 45.8 Å². The second kappa shape index (κ2) is 11.1. The van der Waals surface area contributed by atoms with Gasteiger partial charge in [0.05, 0.1) is 18.7 Å². The second-order valence-corrected chi connectivity index (χ2v) is 10.7. The van der Waals surface area contributed by atoms with E-state index in [4.69, 9.17) is 15.9 Å². The molecule has 0 saturated heterocycles. The molecule has 1 heterocycles. The molecule has 0 atom stereocenters. The Kier molecular flexibility index (Phi) is 8.34. The SMILES string of the molecule is CNC(=O)c1cc2c(cc1N(C)C)CN(CC(=O)c1cc(OCCCC(N)=O)c(O)c(C(C)(C)C)c1)C2=N. The lowest BCUT2D eigenvalue weighted by Gasteiger charge is -2.24. The average Bonchev–Trinajstić information content (AvgIpc) is 3.14. The van der Waals surface area contributed by atoms with Crippen molar-refractivity contribution in [3.63, 3.8) is 0 Å². The van der Waals surface area contributed by atoms with E-state index in [2.05, 4.69) is 5.32 Å². The summed E-state index contributed by atoms with van der Waals surface area (Å²) in [4.78, 5) is 40.4. The number of fused-ring (bicyclic) bond motifs is 1. The highest BCUT2D eigenvalue weighted by Gasteiger charge is 2.30. The normalized spacial score (nSPS) is 12.8. The highest BCUT2D eigenvalue weighted by Crippen LogP contribution is 2.39. The van der Waals surface area contributed by atoms with Crippen LogP contribution in [0.15, 0.2) is 24.3 Å². The maximum atomic E-state index is 13.4. The van der Waals surface area contributed by atoms with Gasteiger partial charge in [-0.2, -0.15) is 0 Å². The number of aromatic hydroxyl groups is 1. The molecule has 0 aliphatic carbocycles. The van der Waals surface area contributed by atoms with E-state index in [0.29, 0.717) is 35.2 Å². The lowest BCUT2D eigenvalue weighted by atomic mass is 9.84. The molecule has 2 amide bonds. The van der Waals surface area contributed by atoms with Crippen LogP contribution in [0.1, 0.15) is 71.0 Å². The first kappa shape index (κ1) is 28.5. The van der Waals surface area contributed by atoms with Crippen LogP contribution >= 0.6 is 0 Å². The number of Topliss-reactive ketones (excluding diaryl/α,β-unsaturated/α-hetero) is 1. The number of nitrogens with one attached hydrogen (secondary N) is 2. The first-order chi connectivity index (χ1) is 17.7. The van der Waals surface area contributed by atoms with Crippen molar-refractivity contribution in [2.75, 3.05) is 39.2 Å². The fraction of sp³-hybridized carbons (Fsp3) is 0.429. The molecule has 0 aromatic heterocycles. The summed E-state index contributed by atoms with van der Waals surface area (Å²) in [6, 6.07) is 6.74. The summed E-state index contributed by atoms with van der Waals surface area (Å²) in [5, 5.41) is 22.2. The number of phenols is 1. The molecule has 0 saturated carbocycles. The molecular weight excluding hydrogens is 486 g/mol. The molecule has 204 valence electrons. The third-order valence-corrected chi connectivity index (χ3v) is 6.47. The minimum absolute atomic E-state index is 0.0487. The largest absolute Gasteiger partial charge is 0.504 e. The highest BCUT2D eigenvalue weighted by molar-refractivity contribution is 6.08. The fourth-order valence-corrected chi connectivity index (χ4v) is 4.40. The number of amides is 2. The summed E-state index contributed by atoms with van der Waals surface area (Å²) < 4.78 is 5.73. The van der Waals surface area contributed by atoms with Crippen LogP contribution in [0.2, 0.25) is 0 Å². The number of carbonyl (C=O) groups excluding carboxylic acids is 3. The Morgan fingerprint density at radius 3 is 2.45 bits per heavy atom. The van der Waals surface area contributed by atoms with Crippen LogP contribution in [-0.4, -0.2) is 67.7 Å². The molecule has 38 heavy (non-hydrogen) atoms. The summed E-state index contributed by atoms with van der Waals surface area (Å²) in [5.74, 6) is -0.647. The minimum Gasteiger partial charge on any atom is -0.504 e. The van der Waals surface area contributed by atoms with Gasteiger partial charge < -0.3 is 30.7 Å². The van der Waals surface area contributed by atoms with Gasteiger partial charge in [0.2, 0.25) is 5.91 Å². The van der Waals surface area contributed by atoms with Gasteiger partial charge in [0.15, 0.2) is 17.3 Å². The molecule has 1 aliphatic rings. The van der Waals surface area contributed by atoms with Crippen LogP contribution in [0.25, 0.3) is 0 Å². The van der Waals surface area contributed by atoms with Crippen molar-refractivity contribution in [3.05, 3.63) is 52.1 Å². The number of hydrogen-bond donors (Lipinski definition) is 4. The van der Waals surface area contributed by atoms with E-state index in [1.165, 1.54) is 6.07 Å². The maximum absolute atomic E-state index is 13.4. The fourth-order valence-electron chi connectivity index (χ4n) is 4.40. The van der Waals surface area contributed by atoms with Gasteiger partial charge in [-0.3, -0.25) is 19.8 Å².